The Morgan fingerprint density at radius 3 is 3.04 bits per heavy atom. The monoisotopic (exact) mass is 318 g/mol. The third-order valence-electron chi connectivity index (χ3n) is 4.69. The Labute approximate surface area is 137 Å². The maximum atomic E-state index is 11.7. The van der Waals surface area contributed by atoms with Gasteiger partial charge in [0.25, 0.3) is 0 Å². The second-order valence-corrected chi connectivity index (χ2v) is 5.98. The van der Waals surface area contributed by atoms with Crippen LogP contribution in [-0.2, 0) is 15.9 Å². The van der Waals surface area contributed by atoms with Crippen molar-refractivity contribution in [3.63, 3.8) is 0 Å². The summed E-state index contributed by atoms with van der Waals surface area (Å²) in [5.74, 6) is -0.200. The van der Waals surface area contributed by atoms with E-state index in [0.717, 1.165) is 44.8 Å². The second kappa shape index (κ2) is 7.43. The fourth-order valence-corrected chi connectivity index (χ4v) is 3.45. The fourth-order valence-electron chi connectivity index (χ4n) is 3.45. The van der Waals surface area contributed by atoms with Gasteiger partial charge < -0.3 is 14.8 Å². The summed E-state index contributed by atoms with van der Waals surface area (Å²) < 4.78 is 11.1. The summed E-state index contributed by atoms with van der Waals surface area (Å²) in [6.45, 7) is 9.36. The number of rotatable bonds is 1. The third kappa shape index (κ3) is 3.42. The van der Waals surface area contributed by atoms with E-state index in [0.29, 0.717) is 18.2 Å². The number of carbonyl (C=O) groups is 1. The van der Waals surface area contributed by atoms with Gasteiger partial charge in [0.15, 0.2) is 0 Å². The molecule has 1 aromatic rings. The topological polar surface area (TPSA) is 50.8 Å². The maximum Gasteiger partial charge on any atom is 0.338 e. The summed E-state index contributed by atoms with van der Waals surface area (Å²) in [4.78, 5) is 14.2. The number of ether oxygens (including phenoxy) is 2. The number of carbonyl (C=O) groups excluding carboxylic acids is 1. The van der Waals surface area contributed by atoms with Crippen molar-refractivity contribution >= 4 is 5.97 Å². The zero-order chi connectivity index (χ0) is 16.2. The molecule has 0 spiro atoms. The lowest BCUT2D eigenvalue weighted by molar-refractivity contribution is -0.0718. The van der Waals surface area contributed by atoms with Gasteiger partial charge in [-0.3, -0.25) is 4.90 Å². The number of hydrogen-bond acceptors (Lipinski definition) is 5. The zero-order valence-electron chi connectivity index (χ0n) is 14.0. The van der Waals surface area contributed by atoms with Gasteiger partial charge in [0.05, 0.1) is 24.9 Å². The van der Waals surface area contributed by atoms with Crippen molar-refractivity contribution in [2.24, 2.45) is 0 Å². The van der Waals surface area contributed by atoms with Gasteiger partial charge in [0.2, 0.25) is 0 Å². The number of morpholine rings is 1. The lowest BCUT2D eigenvalue weighted by Gasteiger charge is -2.42. The van der Waals surface area contributed by atoms with E-state index in [1.807, 2.05) is 26.0 Å². The highest BCUT2D eigenvalue weighted by molar-refractivity contribution is 5.92. The highest BCUT2D eigenvalue weighted by Crippen LogP contribution is 2.28. The predicted octanol–water partition coefficient (Wildman–Crippen LogP) is 1.77. The molecule has 2 saturated heterocycles. The van der Waals surface area contributed by atoms with Crippen LogP contribution in [0.25, 0.3) is 0 Å². The molecule has 0 saturated carbocycles. The van der Waals surface area contributed by atoms with Gasteiger partial charge >= 0.3 is 5.97 Å². The lowest BCUT2D eigenvalue weighted by atomic mass is 9.96. The fraction of sp³-hybridized carbons (Fsp3) is 0.611. The molecule has 3 heterocycles. The zero-order valence-corrected chi connectivity index (χ0v) is 14.0. The van der Waals surface area contributed by atoms with E-state index in [9.17, 15) is 4.79 Å². The first-order valence-corrected chi connectivity index (χ1v) is 8.67. The van der Waals surface area contributed by atoms with Crippen molar-refractivity contribution in [2.75, 3.05) is 39.4 Å². The Morgan fingerprint density at radius 1 is 1.30 bits per heavy atom. The minimum atomic E-state index is -0.200. The van der Waals surface area contributed by atoms with Crippen molar-refractivity contribution in [1.29, 1.82) is 0 Å². The lowest BCUT2D eigenvalue weighted by Crippen LogP contribution is -2.57. The molecule has 0 aliphatic carbocycles. The van der Waals surface area contributed by atoms with E-state index in [4.69, 9.17) is 9.47 Å². The molecule has 1 aromatic carbocycles. The van der Waals surface area contributed by atoms with Gasteiger partial charge in [-0.1, -0.05) is 26.0 Å². The molecule has 1 unspecified atom stereocenters. The molecule has 2 atom stereocenters. The van der Waals surface area contributed by atoms with Crippen LogP contribution in [0.2, 0.25) is 0 Å². The Bertz CT molecular complexity index is 561. The van der Waals surface area contributed by atoms with E-state index in [1.165, 1.54) is 5.56 Å². The quantitative estimate of drug-likeness (QED) is 0.800. The van der Waals surface area contributed by atoms with E-state index in [-0.39, 0.29) is 12.1 Å². The third-order valence-corrected chi connectivity index (χ3v) is 4.69. The molecule has 4 rings (SSSR count). The normalized spacial score (nSPS) is 27.1. The van der Waals surface area contributed by atoms with E-state index < -0.39 is 0 Å². The van der Waals surface area contributed by atoms with Gasteiger partial charge in [0, 0.05) is 38.6 Å². The van der Waals surface area contributed by atoms with Crippen LogP contribution in [0.3, 0.4) is 0 Å². The van der Waals surface area contributed by atoms with Gasteiger partial charge in [-0.15, -0.1) is 0 Å². The van der Waals surface area contributed by atoms with Crippen LogP contribution in [0.1, 0.15) is 41.4 Å². The van der Waals surface area contributed by atoms with Crippen LogP contribution in [0.5, 0.6) is 0 Å². The molecule has 23 heavy (non-hydrogen) atoms. The average Bonchev–Trinajstić information content (AvgIpc) is 2.63. The molecule has 2 fully saturated rings. The number of nitrogens with one attached hydrogen (secondary N) is 1. The van der Waals surface area contributed by atoms with E-state index in [1.54, 1.807) is 0 Å². The Hall–Kier alpha value is -1.43. The van der Waals surface area contributed by atoms with Crippen LogP contribution < -0.4 is 5.32 Å². The van der Waals surface area contributed by atoms with Crippen molar-refractivity contribution in [3.8, 4) is 0 Å². The molecule has 1 N–H and O–H groups in total. The van der Waals surface area contributed by atoms with Crippen molar-refractivity contribution in [2.45, 2.75) is 32.4 Å². The summed E-state index contributed by atoms with van der Waals surface area (Å²) >= 11 is 0. The number of esters is 1. The maximum absolute atomic E-state index is 11.7. The van der Waals surface area contributed by atoms with Crippen molar-refractivity contribution < 1.29 is 14.3 Å². The van der Waals surface area contributed by atoms with Crippen molar-refractivity contribution in [1.82, 2.24) is 10.2 Å². The second-order valence-electron chi connectivity index (χ2n) is 5.98. The molecule has 5 nitrogen and oxygen atoms in total. The number of benzene rings is 1. The standard InChI is InChI=1S/C16H20N2O3.C2H6/c19-16-14-2-1-12(7-11(14)3-6-20-16)15-9-18-5-4-17-8-13(18)10-21-15;1-2/h1-2,7,13,15,17H,3-6,8-10H2;1-2H3/t13-,15?;/m1./s1. The van der Waals surface area contributed by atoms with Crippen LogP contribution in [-0.4, -0.2) is 56.3 Å². The molecule has 3 aliphatic rings. The number of fused-ring (bicyclic) bond motifs is 2. The Kier molecular flexibility index (Phi) is 5.30. The number of hydrogen-bond donors (Lipinski definition) is 1. The molecule has 0 amide bonds. The highest BCUT2D eigenvalue weighted by Gasteiger charge is 2.32. The van der Waals surface area contributed by atoms with Crippen LogP contribution >= 0.6 is 0 Å². The molecular weight excluding hydrogens is 292 g/mol. The average molecular weight is 318 g/mol. The highest BCUT2D eigenvalue weighted by atomic mass is 16.5. The minimum absolute atomic E-state index is 0.114. The van der Waals surface area contributed by atoms with Gasteiger partial charge in [-0.05, 0) is 17.2 Å². The van der Waals surface area contributed by atoms with Gasteiger partial charge in [-0.2, -0.15) is 0 Å². The molecule has 3 aliphatic heterocycles. The number of piperazine rings is 1. The molecule has 5 heteroatoms. The minimum Gasteiger partial charge on any atom is -0.462 e. The molecule has 0 radical (unpaired) electrons. The summed E-state index contributed by atoms with van der Waals surface area (Å²) in [6, 6.07) is 6.53. The smallest absolute Gasteiger partial charge is 0.338 e. The first-order valence-electron chi connectivity index (χ1n) is 8.67. The molecule has 126 valence electrons. The van der Waals surface area contributed by atoms with Crippen LogP contribution in [0.4, 0.5) is 0 Å². The number of cyclic esters (lactones) is 1. The number of nitrogens with zero attached hydrogens (tertiary/aromatic N) is 1. The van der Waals surface area contributed by atoms with Gasteiger partial charge in [0.1, 0.15) is 0 Å². The molecule has 0 aromatic heterocycles. The summed E-state index contributed by atoms with van der Waals surface area (Å²) in [5.41, 5.74) is 2.98. The van der Waals surface area contributed by atoms with E-state index >= 15 is 0 Å². The molecule has 0 bridgehead atoms. The summed E-state index contributed by atoms with van der Waals surface area (Å²) in [6.07, 6.45) is 0.917. The first kappa shape index (κ1) is 16.4. The summed E-state index contributed by atoms with van der Waals surface area (Å²) in [7, 11) is 0. The van der Waals surface area contributed by atoms with Crippen LogP contribution in [0.15, 0.2) is 18.2 Å². The first-order chi connectivity index (χ1) is 11.3. The van der Waals surface area contributed by atoms with Crippen molar-refractivity contribution in [3.05, 3.63) is 34.9 Å². The largest absolute Gasteiger partial charge is 0.462 e. The predicted molar refractivity (Wildman–Crippen MR) is 88.7 cm³/mol. The molecular formula is C18H26N2O3. The summed E-state index contributed by atoms with van der Waals surface area (Å²) in [5, 5.41) is 3.41. The Balaban J connectivity index is 0.000000753. The van der Waals surface area contributed by atoms with Gasteiger partial charge in [-0.25, -0.2) is 4.79 Å². The SMILES string of the molecule is CC.O=C1OCCc2cc(C3CN4CCNC[C@@H]4CO3)ccc21. The van der Waals surface area contributed by atoms with E-state index in [2.05, 4.69) is 16.3 Å². The Morgan fingerprint density at radius 2 is 2.17 bits per heavy atom. The van der Waals surface area contributed by atoms with Crippen LogP contribution in [0, 0.1) is 0 Å².